The first kappa shape index (κ1) is 11.1. The van der Waals surface area contributed by atoms with E-state index in [9.17, 15) is 4.79 Å². The fraction of sp³-hybridized carbons (Fsp3) is 0.556. The molecule has 14 heavy (non-hydrogen) atoms. The second-order valence-electron chi connectivity index (χ2n) is 2.85. The van der Waals surface area contributed by atoms with Crippen molar-refractivity contribution in [2.45, 2.75) is 13.3 Å². The Bertz CT molecular complexity index is 337. The van der Waals surface area contributed by atoms with Gasteiger partial charge < -0.3 is 10.3 Å². The molecule has 0 aliphatic carbocycles. The lowest BCUT2D eigenvalue weighted by molar-refractivity contribution is 0.918. The smallest absolute Gasteiger partial charge is 0.252 e. The molecule has 5 heteroatoms. The number of rotatable bonds is 5. The average Bonchev–Trinajstić information content (AvgIpc) is 2.17. The molecule has 0 atom stereocenters. The summed E-state index contributed by atoms with van der Waals surface area (Å²) < 4.78 is 0. The zero-order valence-electron chi connectivity index (χ0n) is 8.46. The van der Waals surface area contributed by atoms with Crippen molar-refractivity contribution < 1.29 is 0 Å². The Morgan fingerprint density at radius 2 is 2.43 bits per heavy atom. The summed E-state index contributed by atoms with van der Waals surface area (Å²) in [5.41, 5.74) is -0.0940. The van der Waals surface area contributed by atoms with Crippen LogP contribution in [-0.2, 0) is 6.42 Å². The maximum atomic E-state index is 11.2. The minimum Gasteiger partial charge on any atom is -0.369 e. The molecule has 0 aliphatic rings. The Balaban J connectivity index is 2.67. The predicted octanol–water partition coefficient (Wildman–Crippen LogP) is 1.11. The fourth-order valence-corrected chi connectivity index (χ4v) is 1.35. The molecule has 78 valence electrons. The highest BCUT2D eigenvalue weighted by atomic mass is 32.2. The van der Waals surface area contributed by atoms with Gasteiger partial charge in [-0.25, -0.2) is 4.98 Å². The van der Waals surface area contributed by atoms with Gasteiger partial charge in [-0.2, -0.15) is 11.8 Å². The van der Waals surface area contributed by atoms with E-state index < -0.39 is 0 Å². The van der Waals surface area contributed by atoms with Gasteiger partial charge in [-0.15, -0.1) is 0 Å². The Labute approximate surface area is 87.5 Å². The van der Waals surface area contributed by atoms with Crippen LogP contribution >= 0.6 is 11.8 Å². The second-order valence-corrected chi connectivity index (χ2v) is 3.84. The fourth-order valence-electron chi connectivity index (χ4n) is 1.05. The number of hydrogen-bond acceptors (Lipinski definition) is 4. The van der Waals surface area contributed by atoms with Crippen LogP contribution in [-0.4, -0.2) is 28.5 Å². The van der Waals surface area contributed by atoms with Gasteiger partial charge in [0, 0.05) is 24.8 Å². The normalized spacial score (nSPS) is 10.1. The molecule has 1 aromatic rings. The van der Waals surface area contributed by atoms with E-state index in [1.807, 2.05) is 13.2 Å². The molecule has 1 heterocycles. The number of nitrogens with zero attached hydrogens (tertiary/aromatic N) is 1. The molecule has 0 amide bonds. The van der Waals surface area contributed by atoms with Crippen LogP contribution in [0.5, 0.6) is 0 Å². The Morgan fingerprint density at radius 1 is 1.64 bits per heavy atom. The van der Waals surface area contributed by atoms with E-state index in [0.29, 0.717) is 5.82 Å². The van der Waals surface area contributed by atoms with Gasteiger partial charge in [0.1, 0.15) is 11.6 Å². The van der Waals surface area contributed by atoms with E-state index in [0.717, 1.165) is 24.5 Å². The molecule has 2 N–H and O–H groups in total. The molecule has 0 aliphatic heterocycles. The summed E-state index contributed by atoms with van der Waals surface area (Å²) >= 11 is 1.76. The molecule has 0 spiro atoms. The number of thioether (sulfide) groups is 1. The predicted molar refractivity (Wildman–Crippen MR) is 61.1 cm³/mol. The highest BCUT2D eigenvalue weighted by Gasteiger charge is 1.98. The van der Waals surface area contributed by atoms with E-state index in [4.69, 9.17) is 0 Å². The van der Waals surface area contributed by atoms with Gasteiger partial charge in [-0.05, 0) is 6.26 Å². The summed E-state index contributed by atoms with van der Waals surface area (Å²) in [6.07, 6.45) is 2.79. The first-order valence-corrected chi connectivity index (χ1v) is 5.98. The SMILES string of the molecule is CCc1nc(NCCSC)cc(=O)[nH]1. The van der Waals surface area contributed by atoms with E-state index in [1.165, 1.54) is 6.07 Å². The summed E-state index contributed by atoms with van der Waals surface area (Å²) in [5.74, 6) is 2.40. The number of aromatic amines is 1. The van der Waals surface area contributed by atoms with Crippen LogP contribution in [0.3, 0.4) is 0 Å². The lowest BCUT2D eigenvalue weighted by atomic mass is 10.4. The van der Waals surface area contributed by atoms with Crippen LogP contribution in [0.15, 0.2) is 10.9 Å². The standard InChI is InChI=1S/C9H15N3OS/c1-3-7-11-8(6-9(13)12-7)10-4-5-14-2/h6H,3-5H2,1-2H3,(H2,10,11,12,13). The van der Waals surface area contributed by atoms with Gasteiger partial charge in [-0.3, -0.25) is 4.79 Å². The van der Waals surface area contributed by atoms with Crippen molar-refractivity contribution in [3.05, 3.63) is 22.2 Å². The molecule has 0 unspecified atom stereocenters. The molecule has 0 saturated carbocycles. The topological polar surface area (TPSA) is 57.8 Å². The monoisotopic (exact) mass is 213 g/mol. The second kappa shape index (κ2) is 5.70. The van der Waals surface area contributed by atoms with Gasteiger partial charge >= 0.3 is 0 Å². The molecular formula is C9H15N3OS. The van der Waals surface area contributed by atoms with Crippen LogP contribution in [0.1, 0.15) is 12.7 Å². The third-order valence-electron chi connectivity index (χ3n) is 1.74. The Morgan fingerprint density at radius 3 is 3.07 bits per heavy atom. The minimum absolute atomic E-state index is 0.0940. The van der Waals surface area contributed by atoms with E-state index >= 15 is 0 Å². The molecule has 0 fully saturated rings. The van der Waals surface area contributed by atoms with E-state index in [-0.39, 0.29) is 5.56 Å². The first-order chi connectivity index (χ1) is 6.76. The summed E-state index contributed by atoms with van der Waals surface area (Å²) in [7, 11) is 0. The number of hydrogen-bond donors (Lipinski definition) is 2. The summed E-state index contributed by atoms with van der Waals surface area (Å²) in [6.45, 7) is 2.80. The summed E-state index contributed by atoms with van der Waals surface area (Å²) in [4.78, 5) is 18.1. The van der Waals surface area contributed by atoms with Crippen LogP contribution in [0.4, 0.5) is 5.82 Å². The number of aryl methyl sites for hydroxylation is 1. The minimum atomic E-state index is -0.0940. The van der Waals surface area contributed by atoms with E-state index in [1.54, 1.807) is 11.8 Å². The molecule has 4 nitrogen and oxygen atoms in total. The van der Waals surface area contributed by atoms with Crippen molar-refractivity contribution in [1.29, 1.82) is 0 Å². The van der Waals surface area contributed by atoms with Crippen molar-refractivity contribution in [2.24, 2.45) is 0 Å². The molecular weight excluding hydrogens is 198 g/mol. The molecule has 0 saturated heterocycles. The first-order valence-electron chi connectivity index (χ1n) is 4.59. The highest BCUT2D eigenvalue weighted by molar-refractivity contribution is 7.98. The number of H-pyrrole nitrogens is 1. The molecule has 0 bridgehead atoms. The summed E-state index contributed by atoms with van der Waals surface area (Å²) in [5, 5.41) is 3.11. The number of anilines is 1. The number of aromatic nitrogens is 2. The van der Waals surface area contributed by atoms with Gasteiger partial charge in [0.05, 0.1) is 0 Å². The molecule has 1 aromatic heterocycles. The molecule has 0 radical (unpaired) electrons. The Kier molecular flexibility index (Phi) is 4.52. The van der Waals surface area contributed by atoms with Crippen LogP contribution < -0.4 is 10.9 Å². The zero-order chi connectivity index (χ0) is 10.4. The van der Waals surface area contributed by atoms with Gasteiger partial charge in [0.2, 0.25) is 0 Å². The van der Waals surface area contributed by atoms with Crippen molar-refractivity contribution in [2.75, 3.05) is 23.9 Å². The lowest BCUT2D eigenvalue weighted by Crippen LogP contribution is -2.14. The van der Waals surface area contributed by atoms with Crippen LogP contribution in [0.25, 0.3) is 0 Å². The van der Waals surface area contributed by atoms with Crippen molar-refractivity contribution in [3.63, 3.8) is 0 Å². The third kappa shape index (κ3) is 3.41. The maximum Gasteiger partial charge on any atom is 0.252 e. The number of nitrogens with one attached hydrogen (secondary N) is 2. The van der Waals surface area contributed by atoms with Crippen molar-refractivity contribution >= 4 is 17.6 Å². The van der Waals surface area contributed by atoms with Gasteiger partial charge in [-0.1, -0.05) is 6.92 Å². The highest BCUT2D eigenvalue weighted by Crippen LogP contribution is 1.99. The van der Waals surface area contributed by atoms with E-state index in [2.05, 4.69) is 15.3 Å². The largest absolute Gasteiger partial charge is 0.369 e. The van der Waals surface area contributed by atoms with Gasteiger partial charge in [0.15, 0.2) is 0 Å². The van der Waals surface area contributed by atoms with Crippen molar-refractivity contribution in [3.8, 4) is 0 Å². The van der Waals surface area contributed by atoms with Crippen molar-refractivity contribution in [1.82, 2.24) is 9.97 Å². The quantitative estimate of drug-likeness (QED) is 0.719. The Hall–Kier alpha value is -0.970. The maximum absolute atomic E-state index is 11.2. The van der Waals surface area contributed by atoms with Crippen LogP contribution in [0, 0.1) is 0 Å². The zero-order valence-corrected chi connectivity index (χ0v) is 9.28. The summed E-state index contributed by atoms with van der Waals surface area (Å²) in [6, 6.07) is 1.49. The van der Waals surface area contributed by atoms with Gasteiger partial charge in [0.25, 0.3) is 5.56 Å². The van der Waals surface area contributed by atoms with Crippen LogP contribution in [0.2, 0.25) is 0 Å². The average molecular weight is 213 g/mol. The lowest BCUT2D eigenvalue weighted by Gasteiger charge is -2.04. The molecule has 0 aromatic carbocycles. The molecule has 1 rings (SSSR count). The third-order valence-corrected chi connectivity index (χ3v) is 2.35.